The number of hydrogen-bond acceptors (Lipinski definition) is 9. The Hall–Kier alpha value is -4.78. The first-order valence-corrected chi connectivity index (χ1v) is 12.9. The van der Waals surface area contributed by atoms with Crippen molar-refractivity contribution in [2.75, 3.05) is 6.61 Å². The van der Waals surface area contributed by atoms with Crippen LogP contribution in [0.2, 0.25) is 0 Å². The fourth-order valence-corrected chi connectivity index (χ4v) is 5.03. The number of aromatic nitrogens is 2. The van der Waals surface area contributed by atoms with Crippen molar-refractivity contribution >= 4 is 28.3 Å². The first kappa shape index (κ1) is 27.8. The van der Waals surface area contributed by atoms with Crippen LogP contribution in [0.25, 0.3) is 32.8 Å². The van der Waals surface area contributed by atoms with Crippen LogP contribution in [-0.2, 0) is 17.6 Å². The topological polar surface area (TPSA) is 118 Å². The van der Waals surface area contributed by atoms with Gasteiger partial charge in [0.25, 0.3) is 0 Å². The molecule has 2 aromatic heterocycles. The second kappa shape index (κ2) is 11.0. The summed E-state index contributed by atoms with van der Waals surface area (Å²) >= 11 is 1.28. The summed E-state index contributed by atoms with van der Waals surface area (Å²) in [6.07, 6.45) is -4.45. The third-order valence-corrected chi connectivity index (χ3v) is 7.06. The zero-order valence-corrected chi connectivity index (χ0v) is 22.3. The van der Waals surface area contributed by atoms with Crippen LogP contribution in [0.3, 0.4) is 0 Å². The number of carbonyl (C=O) groups excluding carboxylic acids is 1. The fraction of sp³-hybridized carbons (Fsp3) is 0.179. The van der Waals surface area contributed by atoms with Crippen LogP contribution in [0.5, 0.6) is 11.5 Å². The van der Waals surface area contributed by atoms with Crippen LogP contribution in [0.1, 0.15) is 22.0 Å². The largest absolute Gasteiger partial charge is 0.486 e. The number of nitro groups is 1. The molecule has 13 heteroatoms. The Kier molecular flexibility index (Phi) is 7.45. The molecule has 5 aromatic rings. The number of thiazole rings is 1. The van der Waals surface area contributed by atoms with Crippen LogP contribution < -0.4 is 9.47 Å². The van der Waals surface area contributed by atoms with E-state index in [1.54, 1.807) is 32.0 Å². The van der Waals surface area contributed by atoms with Gasteiger partial charge in [0, 0.05) is 12.5 Å². The molecule has 0 unspecified atom stereocenters. The standard InChI is InChI=1S/C28H20F3N3O6S/c1-15-11-20(8-10-22(15)39-14-25(35)34(36)37)38-13-24-33-26(18-5-9-23-21(12-18)32-16(2)40-23)27(41-24)17-3-6-19(7-4-17)28(29,30)31/h3-12H,13-14H2,1-2H3. The summed E-state index contributed by atoms with van der Waals surface area (Å²) < 4.78 is 56.1. The molecule has 0 atom stereocenters. The molecule has 0 aliphatic rings. The Morgan fingerprint density at radius 1 is 1.00 bits per heavy atom. The highest BCUT2D eigenvalue weighted by atomic mass is 32.1. The molecule has 1 amide bonds. The maximum atomic E-state index is 13.2. The van der Waals surface area contributed by atoms with Crippen molar-refractivity contribution in [1.29, 1.82) is 0 Å². The van der Waals surface area contributed by atoms with E-state index < -0.39 is 29.2 Å². The summed E-state index contributed by atoms with van der Waals surface area (Å²) in [7, 11) is 0. The third kappa shape index (κ3) is 6.19. The second-order valence-electron chi connectivity index (χ2n) is 8.93. The number of alkyl halides is 3. The zero-order valence-electron chi connectivity index (χ0n) is 21.5. The minimum absolute atomic E-state index is 0.0586. The number of fused-ring (bicyclic) bond motifs is 1. The van der Waals surface area contributed by atoms with E-state index in [4.69, 9.17) is 18.9 Å². The molecule has 0 saturated heterocycles. The van der Waals surface area contributed by atoms with E-state index in [2.05, 4.69) is 4.98 Å². The monoisotopic (exact) mass is 583 g/mol. The quantitative estimate of drug-likeness (QED) is 0.141. The van der Waals surface area contributed by atoms with Crippen molar-refractivity contribution in [3.8, 4) is 33.2 Å². The number of amides is 1. The molecule has 0 fully saturated rings. The molecule has 5 rings (SSSR count). The van der Waals surface area contributed by atoms with E-state index in [0.717, 1.165) is 12.1 Å². The summed E-state index contributed by atoms with van der Waals surface area (Å²) in [5, 5.41) is 11.1. The zero-order chi connectivity index (χ0) is 29.3. The van der Waals surface area contributed by atoms with Gasteiger partial charge in [-0.3, -0.25) is 10.1 Å². The molecule has 0 saturated carbocycles. The summed E-state index contributed by atoms with van der Waals surface area (Å²) in [5.74, 6) is 0.00416. The van der Waals surface area contributed by atoms with Crippen molar-refractivity contribution < 1.29 is 36.8 Å². The maximum Gasteiger partial charge on any atom is 0.481 e. The molecule has 41 heavy (non-hydrogen) atoms. The first-order chi connectivity index (χ1) is 19.5. The van der Waals surface area contributed by atoms with E-state index in [-0.39, 0.29) is 6.61 Å². The van der Waals surface area contributed by atoms with Gasteiger partial charge >= 0.3 is 12.1 Å². The molecule has 0 radical (unpaired) electrons. The van der Waals surface area contributed by atoms with Gasteiger partial charge in [-0.1, -0.05) is 12.1 Å². The Morgan fingerprint density at radius 2 is 1.73 bits per heavy atom. The lowest BCUT2D eigenvalue weighted by Crippen LogP contribution is -2.20. The van der Waals surface area contributed by atoms with Crippen LogP contribution in [0, 0.1) is 24.0 Å². The van der Waals surface area contributed by atoms with Crippen molar-refractivity contribution in [3.63, 3.8) is 0 Å². The minimum Gasteiger partial charge on any atom is -0.486 e. The number of oxazole rings is 1. The van der Waals surface area contributed by atoms with E-state index >= 15 is 0 Å². The molecule has 0 aliphatic heterocycles. The van der Waals surface area contributed by atoms with Gasteiger partial charge in [0.1, 0.15) is 33.6 Å². The van der Waals surface area contributed by atoms with E-state index in [1.165, 1.54) is 29.5 Å². The van der Waals surface area contributed by atoms with Gasteiger partial charge in [-0.2, -0.15) is 13.2 Å². The average molecular weight is 584 g/mol. The van der Waals surface area contributed by atoms with Gasteiger partial charge in [-0.05, 0) is 66.6 Å². The summed E-state index contributed by atoms with van der Waals surface area (Å²) in [5.41, 5.74) is 2.92. The Bertz CT molecular complexity index is 1760. The van der Waals surface area contributed by atoms with Gasteiger partial charge in [0.15, 0.2) is 11.5 Å². The van der Waals surface area contributed by atoms with Crippen LogP contribution in [0.15, 0.2) is 65.1 Å². The SMILES string of the molecule is Cc1nc2cc(-c3nc(COc4ccc(OCC(=O)[N+](=O)[O-])c(C)c4)sc3-c3ccc(C(F)(F)F)cc3)ccc2o1. The van der Waals surface area contributed by atoms with E-state index in [1.807, 2.05) is 12.1 Å². The molecule has 0 spiro atoms. The van der Waals surface area contributed by atoms with Gasteiger partial charge < -0.3 is 13.9 Å². The predicted molar refractivity (Wildman–Crippen MR) is 143 cm³/mol. The van der Waals surface area contributed by atoms with Crippen LogP contribution in [-0.4, -0.2) is 27.4 Å². The number of rotatable bonds is 8. The van der Waals surface area contributed by atoms with Gasteiger partial charge in [0.05, 0.1) is 16.1 Å². The highest BCUT2D eigenvalue weighted by Crippen LogP contribution is 2.39. The lowest BCUT2D eigenvalue weighted by molar-refractivity contribution is -0.403. The molecular weight excluding hydrogens is 563 g/mol. The number of halogens is 3. The Labute approximate surface area is 234 Å². The van der Waals surface area contributed by atoms with Crippen LogP contribution >= 0.6 is 11.3 Å². The summed E-state index contributed by atoms with van der Waals surface area (Å²) in [4.78, 5) is 30.4. The minimum atomic E-state index is -4.45. The molecule has 3 aromatic carbocycles. The van der Waals surface area contributed by atoms with Gasteiger partial charge in [-0.15, -0.1) is 11.3 Å². The van der Waals surface area contributed by atoms with Crippen molar-refractivity contribution in [2.45, 2.75) is 26.6 Å². The van der Waals surface area contributed by atoms with E-state index in [9.17, 15) is 28.1 Å². The second-order valence-corrected chi connectivity index (χ2v) is 10.0. The smallest absolute Gasteiger partial charge is 0.481 e. The molecule has 0 N–H and O–H groups in total. The lowest BCUT2D eigenvalue weighted by Gasteiger charge is -2.09. The van der Waals surface area contributed by atoms with Crippen molar-refractivity contribution in [2.24, 2.45) is 0 Å². The number of aryl methyl sites for hydroxylation is 2. The number of benzene rings is 3. The number of ether oxygens (including phenoxy) is 2. The number of nitrogens with zero attached hydrogens (tertiary/aromatic N) is 3. The Morgan fingerprint density at radius 3 is 2.41 bits per heavy atom. The molecule has 0 aliphatic carbocycles. The third-order valence-electron chi connectivity index (χ3n) is 5.98. The van der Waals surface area contributed by atoms with Crippen molar-refractivity contribution in [1.82, 2.24) is 9.97 Å². The predicted octanol–water partition coefficient (Wildman–Crippen LogP) is 7.02. The maximum absolute atomic E-state index is 13.2. The van der Waals surface area contributed by atoms with Crippen molar-refractivity contribution in [3.05, 3.63) is 92.8 Å². The molecule has 2 heterocycles. The van der Waals surface area contributed by atoms with Gasteiger partial charge in [-0.25, -0.2) is 14.8 Å². The summed E-state index contributed by atoms with van der Waals surface area (Å²) in [6, 6.07) is 15.1. The molecule has 0 bridgehead atoms. The highest BCUT2D eigenvalue weighted by Gasteiger charge is 2.30. The number of carbonyl (C=O) groups is 1. The normalized spacial score (nSPS) is 11.5. The van der Waals surface area contributed by atoms with E-state index in [0.29, 0.717) is 60.8 Å². The molecule has 210 valence electrons. The fourth-order valence-electron chi connectivity index (χ4n) is 4.03. The number of hydrogen-bond donors (Lipinski definition) is 0. The highest BCUT2D eigenvalue weighted by molar-refractivity contribution is 7.15. The van der Waals surface area contributed by atoms with Gasteiger partial charge in [0.2, 0.25) is 6.61 Å². The average Bonchev–Trinajstić information content (AvgIpc) is 3.53. The summed E-state index contributed by atoms with van der Waals surface area (Å²) in [6.45, 7) is 2.80. The molecule has 9 nitrogen and oxygen atoms in total. The van der Waals surface area contributed by atoms with Crippen LogP contribution in [0.4, 0.5) is 13.2 Å². The Balaban J connectivity index is 1.42. The molecular formula is C28H20F3N3O6S. The first-order valence-electron chi connectivity index (χ1n) is 12.1. The lowest BCUT2D eigenvalue weighted by atomic mass is 10.0.